The van der Waals surface area contributed by atoms with Crippen molar-refractivity contribution in [2.24, 2.45) is 5.73 Å². The molecule has 226 valence electrons. The Bertz CT molecular complexity index is 1670. The molecular formula is C30H29FN8O5. The van der Waals surface area contributed by atoms with Crippen molar-refractivity contribution in [3.8, 4) is 0 Å². The number of benzene rings is 1. The summed E-state index contributed by atoms with van der Waals surface area (Å²) in [5.41, 5.74) is 7.90. The van der Waals surface area contributed by atoms with Gasteiger partial charge < -0.3 is 16.0 Å². The minimum absolute atomic E-state index is 0.0943. The van der Waals surface area contributed by atoms with E-state index in [4.69, 9.17) is 5.73 Å². The van der Waals surface area contributed by atoms with Gasteiger partial charge in [-0.15, -0.1) is 0 Å². The molecule has 13 nitrogen and oxygen atoms in total. The number of allylic oxidation sites excluding steroid dienone is 2. The van der Waals surface area contributed by atoms with Crippen LogP contribution in [0.15, 0.2) is 61.4 Å². The lowest BCUT2D eigenvalue weighted by molar-refractivity contribution is -0.139. The highest BCUT2D eigenvalue weighted by Crippen LogP contribution is 2.26. The molecule has 2 saturated heterocycles. The van der Waals surface area contributed by atoms with Crippen LogP contribution in [0.5, 0.6) is 0 Å². The second-order valence-electron chi connectivity index (χ2n) is 10.4. The Morgan fingerprint density at radius 1 is 1.16 bits per heavy atom. The fourth-order valence-corrected chi connectivity index (χ4v) is 5.33. The lowest BCUT2D eigenvalue weighted by atomic mass is 10.0. The number of likely N-dealkylation sites (tertiary alicyclic amines) is 1. The number of carbonyl (C=O) groups is 5. The van der Waals surface area contributed by atoms with Gasteiger partial charge in [-0.2, -0.15) is 15.3 Å². The van der Waals surface area contributed by atoms with Gasteiger partial charge in [0, 0.05) is 23.2 Å². The van der Waals surface area contributed by atoms with Gasteiger partial charge in [0.15, 0.2) is 5.69 Å². The average Bonchev–Trinajstić information content (AvgIpc) is 3.65. The van der Waals surface area contributed by atoms with Crippen LogP contribution >= 0.6 is 0 Å². The van der Waals surface area contributed by atoms with Crippen LogP contribution in [0.25, 0.3) is 11.6 Å². The van der Waals surface area contributed by atoms with Crippen LogP contribution in [0.1, 0.15) is 40.2 Å². The number of alkyl halides is 1. The Kier molecular flexibility index (Phi) is 8.42. The summed E-state index contributed by atoms with van der Waals surface area (Å²) in [6, 6.07) is 7.62. The molecule has 4 heterocycles. The van der Waals surface area contributed by atoms with Crippen LogP contribution in [0, 0.1) is 6.92 Å². The highest BCUT2D eigenvalue weighted by atomic mass is 19.1. The van der Waals surface area contributed by atoms with Gasteiger partial charge in [-0.1, -0.05) is 30.9 Å². The fourth-order valence-electron chi connectivity index (χ4n) is 5.33. The van der Waals surface area contributed by atoms with Crippen LogP contribution in [0.3, 0.4) is 0 Å². The second kappa shape index (κ2) is 12.4. The summed E-state index contributed by atoms with van der Waals surface area (Å²) in [6.07, 6.45) is 4.17. The van der Waals surface area contributed by atoms with Crippen LogP contribution < -0.4 is 16.0 Å². The summed E-state index contributed by atoms with van der Waals surface area (Å²) in [5.74, 6) is -3.32. The van der Waals surface area contributed by atoms with Crippen LogP contribution in [0.2, 0.25) is 0 Å². The Morgan fingerprint density at radius 3 is 2.57 bits per heavy atom. The fraction of sp³-hybridized carbons (Fsp3) is 0.267. The molecular weight excluding hydrogens is 571 g/mol. The zero-order chi connectivity index (χ0) is 31.5. The molecule has 2 fully saturated rings. The number of amides is 5. The van der Waals surface area contributed by atoms with E-state index in [1.165, 1.54) is 17.1 Å². The molecule has 3 atom stereocenters. The van der Waals surface area contributed by atoms with E-state index >= 15 is 0 Å². The molecule has 44 heavy (non-hydrogen) atoms. The molecule has 2 aliphatic rings. The summed E-state index contributed by atoms with van der Waals surface area (Å²) in [4.78, 5) is 66.6. The second-order valence-corrected chi connectivity index (χ2v) is 10.4. The van der Waals surface area contributed by atoms with E-state index in [2.05, 4.69) is 27.2 Å². The lowest BCUT2D eigenvalue weighted by Gasteiger charge is -2.25. The van der Waals surface area contributed by atoms with Gasteiger partial charge in [-0.3, -0.25) is 28.7 Å². The van der Waals surface area contributed by atoms with Gasteiger partial charge in [0.25, 0.3) is 11.8 Å². The Labute approximate surface area is 251 Å². The summed E-state index contributed by atoms with van der Waals surface area (Å²) < 4.78 is 15.9. The van der Waals surface area contributed by atoms with E-state index in [9.17, 15) is 28.4 Å². The lowest BCUT2D eigenvalue weighted by Crippen LogP contribution is -2.51. The van der Waals surface area contributed by atoms with E-state index in [-0.39, 0.29) is 25.1 Å². The maximum Gasteiger partial charge on any atom is 0.269 e. The summed E-state index contributed by atoms with van der Waals surface area (Å²) >= 11 is 0. The summed E-state index contributed by atoms with van der Waals surface area (Å²) in [7, 11) is 0. The van der Waals surface area contributed by atoms with E-state index in [1.807, 2.05) is 0 Å². The first-order valence-corrected chi connectivity index (χ1v) is 13.7. The van der Waals surface area contributed by atoms with Crippen molar-refractivity contribution in [3.63, 3.8) is 0 Å². The molecule has 3 N–H and O–H groups in total. The number of aromatic nitrogens is 4. The Hall–Kier alpha value is -5.53. The smallest absolute Gasteiger partial charge is 0.269 e. The van der Waals surface area contributed by atoms with Crippen molar-refractivity contribution < 1.29 is 28.4 Å². The van der Waals surface area contributed by atoms with Gasteiger partial charge in [-0.25, -0.2) is 9.29 Å². The highest BCUT2D eigenvalue weighted by Gasteiger charge is 2.44. The van der Waals surface area contributed by atoms with Gasteiger partial charge in [0.2, 0.25) is 17.7 Å². The van der Waals surface area contributed by atoms with Crippen molar-refractivity contribution in [2.75, 3.05) is 11.4 Å². The average molecular weight is 601 g/mol. The number of nitrogens with zero attached hydrogens (tertiary/aromatic N) is 6. The third-order valence-corrected chi connectivity index (χ3v) is 7.56. The number of rotatable bonds is 9. The predicted octanol–water partition coefficient (Wildman–Crippen LogP) is 1.19. The first kappa shape index (κ1) is 29.9. The number of para-hydroxylation sites is 1. The maximum absolute atomic E-state index is 14.6. The number of anilines is 1. The highest BCUT2D eigenvalue weighted by molar-refractivity contribution is 6.23. The summed E-state index contributed by atoms with van der Waals surface area (Å²) in [5, 5.41) is 14.4. The topological polar surface area (TPSA) is 173 Å². The first-order valence-electron chi connectivity index (χ1n) is 13.7. The molecule has 14 heteroatoms. The van der Waals surface area contributed by atoms with E-state index in [0.717, 1.165) is 9.80 Å². The minimum Gasteiger partial charge on any atom is -0.364 e. The molecule has 2 aromatic heterocycles. The van der Waals surface area contributed by atoms with Crippen molar-refractivity contribution in [1.82, 2.24) is 30.2 Å². The van der Waals surface area contributed by atoms with Crippen molar-refractivity contribution in [2.45, 2.75) is 44.6 Å². The molecule has 5 amide bonds. The van der Waals surface area contributed by atoms with E-state index in [0.29, 0.717) is 28.1 Å². The molecule has 1 aromatic carbocycles. The van der Waals surface area contributed by atoms with E-state index < -0.39 is 54.3 Å². The first-order chi connectivity index (χ1) is 21.1. The molecule has 0 saturated carbocycles. The standard InChI is InChI=1S/C30H29FN8O5/c1-3-18(19-9-10-33-34-14-19)11-22-17(2)38(36-27(22)28(32)42)16-26(41)37-15-20(31)12-24(37)29(43)35-23-13-25(40)39(30(23)44)21-7-5-4-6-8-21/h3-11,14,20,23-24H,1,12-13,15-16H2,2H3,(H2,32,42)(H,35,43)/b18-11+. The van der Waals surface area contributed by atoms with Crippen LogP contribution in [-0.2, 0) is 25.7 Å². The van der Waals surface area contributed by atoms with Crippen LogP contribution in [-0.4, -0.2) is 79.2 Å². The maximum atomic E-state index is 14.6. The Balaban J connectivity index is 1.34. The van der Waals surface area contributed by atoms with Crippen molar-refractivity contribution >= 4 is 46.9 Å². The molecule has 3 unspecified atom stereocenters. The third kappa shape index (κ3) is 5.86. The number of imide groups is 1. The summed E-state index contributed by atoms with van der Waals surface area (Å²) in [6.45, 7) is 4.67. The van der Waals surface area contributed by atoms with Crippen molar-refractivity contribution in [3.05, 3.63) is 84.0 Å². The number of carbonyl (C=O) groups excluding carboxylic acids is 5. The number of nitrogens with one attached hydrogen (secondary N) is 1. The zero-order valence-corrected chi connectivity index (χ0v) is 23.7. The molecule has 5 rings (SSSR count). The molecule has 2 aliphatic heterocycles. The number of halogens is 1. The minimum atomic E-state index is -1.49. The number of primary amides is 1. The quantitative estimate of drug-likeness (QED) is 0.272. The molecule has 0 aliphatic carbocycles. The van der Waals surface area contributed by atoms with Gasteiger partial charge in [-0.05, 0) is 36.8 Å². The Morgan fingerprint density at radius 2 is 1.91 bits per heavy atom. The number of hydrogen-bond acceptors (Lipinski definition) is 8. The number of nitrogens with two attached hydrogens (primary N) is 1. The molecule has 3 aromatic rings. The molecule has 0 bridgehead atoms. The normalized spacial score (nSPS) is 20.2. The van der Waals surface area contributed by atoms with Gasteiger partial charge >= 0.3 is 0 Å². The predicted molar refractivity (Wildman–Crippen MR) is 156 cm³/mol. The molecule has 0 radical (unpaired) electrons. The number of hydrogen-bond donors (Lipinski definition) is 2. The van der Waals surface area contributed by atoms with E-state index in [1.54, 1.807) is 55.5 Å². The largest absolute Gasteiger partial charge is 0.364 e. The van der Waals surface area contributed by atoms with Gasteiger partial charge in [0.1, 0.15) is 24.8 Å². The monoisotopic (exact) mass is 600 g/mol. The zero-order valence-electron chi connectivity index (χ0n) is 23.7. The van der Waals surface area contributed by atoms with Crippen molar-refractivity contribution in [1.29, 1.82) is 0 Å². The third-order valence-electron chi connectivity index (χ3n) is 7.56. The van der Waals surface area contributed by atoms with Gasteiger partial charge in [0.05, 0.1) is 31.0 Å². The van der Waals surface area contributed by atoms with Crippen LogP contribution in [0.4, 0.5) is 10.1 Å². The SMILES string of the molecule is C=C/C(=C\c1c(C(N)=O)nn(CC(=O)N2CC(F)CC2C(=O)NC2CC(=O)N(c3ccccc3)C2=O)c1C)c1ccnnc1. The molecule has 0 spiro atoms.